The van der Waals surface area contributed by atoms with Crippen LogP contribution in [0.2, 0.25) is 0 Å². The number of thiophene rings is 1. The number of hydrogen-bond acceptors (Lipinski definition) is 4. The van der Waals surface area contributed by atoms with E-state index in [0.717, 1.165) is 40.5 Å². The van der Waals surface area contributed by atoms with Crippen LogP contribution in [0, 0.1) is 5.92 Å². The van der Waals surface area contributed by atoms with Crippen molar-refractivity contribution < 1.29 is 14.3 Å². The highest BCUT2D eigenvalue weighted by Gasteiger charge is 2.27. The van der Waals surface area contributed by atoms with E-state index in [9.17, 15) is 9.59 Å². The molecule has 0 unspecified atom stereocenters. The van der Waals surface area contributed by atoms with E-state index in [1.807, 2.05) is 42.5 Å². The molecule has 3 N–H and O–H groups in total. The quantitative estimate of drug-likeness (QED) is 0.682. The third-order valence-corrected chi connectivity index (χ3v) is 6.27. The zero-order valence-corrected chi connectivity index (χ0v) is 16.5. The second-order valence-electron chi connectivity index (χ2n) is 7.27. The fourth-order valence-corrected chi connectivity index (χ4v) is 5.10. The Morgan fingerprint density at radius 1 is 1.21 bits per heavy atom. The van der Waals surface area contributed by atoms with E-state index in [1.54, 1.807) is 0 Å². The predicted molar refractivity (Wildman–Crippen MR) is 112 cm³/mol. The van der Waals surface area contributed by atoms with Crippen LogP contribution in [0.4, 0.5) is 5.00 Å². The van der Waals surface area contributed by atoms with Crippen LogP contribution >= 0.6 is 11.3 Å². The van der Waals surface area contributed by atoms with E-state index in [2.05, 4.69) is 12.2 Å². The number of carbonyl (C=O) groups is 2. The molecule has 1 aliphatic rings. The maximum atomic E-state index is 12.4. The fourth-order valence-electron chi connectivity index (χ4n) is 3.67. The molecule has 3 aromatic rings. The molecule has 5 nitrogen and oxygen atoms in total. The summed E-state index contributed by atoms with van der Waals surface area (Å²) in [4.78, 5) is 25.5. The molecule has 1 aromatic heterocycles. The van der Waals surface area contributed by atoms with Gasteiger partial charge in [0.15, 0.2) is 6.61 Å². The lowest BCUT2D eigenvalue weighted by atomic mass is 9.88. The average Bonchev–Trinajstić information content (AvgIpc) is 3.03. The largest absolute Gasteiger partial charge is 0.484 e. The number of rotatable bonds is 5. The SMILES string of the molecule is C[C@H]1CCc2c(sc(NC(=O)COc3ccc4ccccc4c3)c2C(N)=O)C1. The van der Waals surface area contributed by atoms with Crippen molar-refractivity contribution in [1.29, 1.82) is 0 Å². The van der Waals surface area contributed by atoms with Crippen molar-refractivity contribution in [3.05, 3.63) is 58.5 Å². The summed E-state index contributed by atoms with van der Waals surface area (Å²) in [6.07, 6.45) is 2.78. The first-order valence-corrected chi connectivity index (χ1v) is 10.2. The Balaban J connectivity index is 1.46. The highest BCUT2D eigenvalue weighted by atomic mass is 32.1. The van der Waals surface area contributed by atoms with Gasteiger partial charge in [0.2, 0.25) is 0 Å². The Morgan fingerprint density at radius 2 is 2.00 bits per heavy atom. The number of benzene rings is 2. The first-order valence-electron chi connectivity index (χ1n) is 9.37. The molecule has 0 spiro atoms. The zero-order chi connectivity index (χ0) is 19.7. The number of ether oxygens (including phenoxy) is 1. The molecule has 28 heavy (non-hydrogen) atoms. The van der Waals surface area contributed by atoms with E-state index in [4.69, 9.17) is 10.5 Å². The Kier molecular flexibility index (Phi) is 5.05. The Labute approximate surface area is 167 Å². The van der Waals surface area contributed by atoms with E-state index >= 15 is 0 Å². The molecule has 4 rings (SSSR count). The van der Waals surface area contributed by atoms with Crippen LogP contribution in [0.25, 0.3) is 10.8 Å². The summed E-state index contributed by atoms with van der Waals surface area (Å²) >= 11 is 1.46. The number of nitrogens with one attached hydrogen (secondary N) is 1. The van der Waals surface area contributed by atoms with Crippen LogP contribution in [0.15, 0.2) is 42.5 Å². The number of carbonyl (C=O) groups excluding carboxylic acids is 2. The van der Waals surface area contributed by atoms with Gasteiger partial charge in [-0.2, -0.15) is 0 Å². The summed E-state index contributed by atoms with van der Waals surface area (Å²) in [5.41, 5.74) is 7.06. The summed E-state index contributed by atoms with van der Waals surface area (Å²) in [5.74, 6) is 0.412. The van der Waals surface area contributed by atoms with Crippen LogP contribution in [0.3, 0.4) is 0 Å². The standard InChI is InChI=1S/C22H22N2O3S/c1-13-6-9-17-18(10-13)28-22(20(17)21(23)26)24-19(25)12-27-16-8-7-14-4-2-3-5-15(14)11-16/h2-5,7-8,11,13H,6,9-10,12H2,1H3,(H2,23,26)(H,24,25)/t13-/m0/s1. The van der Waals surface area contributed by atoms with Gasteiger partial charge in [-0.25, -0.2) is 0 Å². The van der Waals surface area contributed by atoms with Crippen molar-refractivity contribution in [1.82, 2.24) is 0 Å². The van der Waals surface area contributed by atoms with Gasteiger partial charge in [0, 0.05) is 4.88 Å². The van der Waals surface area contributed by atoms with Gasteiger partial charge in [0.25, 0.3) is 11.8 Å². The molecule has 0 saturated carbocycles. The first kappa shape index (κ1) is 18.5. The van der Waals surface area contributed by atoms with Crippen LogP contribution in [0.1, 0.15) is 34.1 Å². The van der Waals surface area contributed by atoms with E-state index in [-0.39, 0.29) is 12.5 Å². The second-order valence-corrected chi connectivity index (χ2v) is 8.37. The van der Waals surface area contributed by atoms with Crippen molar-refractivity contribution in [3.63, 3.8) is 0 Å². The zero-order valence-electron chi connectivity index (χ0n) is 15.7. The number of anilines is 1. The highest BCUT2D eigenvalue weighted by molar-refractivity contribution is 7.17. The minimum Gasteiger partial charge on any atom is -0.484 e. The molecular weight excluding hydrogens is 372 g/mol. The topological polar surface area (TPSA) is 81.4 Å². The Bertz CT molecular complexity index is 1060. The van der Waals surface area contributed by atoms with E-state index in [0.29, 0.717) is 22.2 Å². The van der Waals surface area contributed by atoms with Crippen LogP contribution in [-0.2, 0) is 17.6 Å². The number of hydrogen-bond donors (Lipinski definition) is 2. The molecule has 0 saturated heterocycles. The predicted octanol–water partition coefficient (Wildman–Crippen LogP) is 4.14. The smallest absolute Gasteiger partial charge is 0.262 e. The van der Waals surface area contributed by atoms with Crippen molar-refractivity contribution >= 4 is 38.9 Å². The van der Waals surface area contributed by atoms with E-state index < -0.39 is 5.91 Å². The number of nitrogens with two attached hydrogens (primary N) is 1. The third-order valence-electron chi connectivity index (χ3n) is 5.10. The molecule has 144 valence electrons. The van der Waals surface area contributed by atoms with Gasteiger partial charge in [-0.15, -0.1) is 11.3 Å². The molecule has 2 aromatic carbocycles. The van der Waals surface area contributed by atoms with Gasteiger partial charge >= 0.3 is 0 Å². The molecule has 0 fully saturated rings. The summed E-state index contributed by atoms with van der Waals surface area (Å²) in [7, 11) is 0. The van der Waals surface area contributed by atoms with Gasteiger partial charge in [0.05, 0.1) is 5.56 Å². The number of primary amides is 1. The minimum atomic E-state index is -0.488. The maximum Gasteiger partial charge on any atom is 0.262 e. The lowest BCUT2D eigenvalue weighted by Crippen LogP contribution is -2.22. The van der Waals surface area contributed by atoms with Gasteiger partial charge in [-0.05, 0) is 53.6 Å². The minimum absolute atomic E-state index is 0.129. The van der Waals surface area contributed by atoms with Crippen LogP contribution < -0.4 is 15.8 Å². The van der Waals surface area contributed by atoms with Crippen LogP contribution in [0.5, 0.6) is 5.75 Å². The summed E-state index contributed by atoms with van der Waals surface area (Å²) in [5, 5.41) is 5.53. The lowest BCUT2D eigenvalue weighted by Gasteiger charge is -2.18. The highest BCUT2D eigenvalue weighted by Crippen LogP contribution is 2.39. The fraction of sp³-hybridized carbons (Fsp3) is 0.273. The molecule has 0 aliphatic heterocycles. The van der Waals surface area contributed by atoms with E-state index in [1.165, 1.54) is 11.3 Å². The summed E-state index contributed by atoms with van der Waals surface area (Å²) in [6.45, 7) is 2.07. The van der Waals surface area contributed by atoms with Gasteiger partial charge < -0.3 is 15.8 Å². The Morgan fingerprint density at radius 3 is 2.79 bits per heavy atom. The number of fused-ring (bicyclic) bond motifs is 2. The molecule has 1 heterocycles. The molecule has 2 amide bonds. The Hall–Kier alpha value is -2.86. The van der Waals surface area contributed by atoms with Gasteiger partial charge in [-0.3, -0.25) is 9.59 Å². The van der Waals surface area contributed by atoms with Gasteiger partial charge in [0.1, 0.15) is 10.8 Å². The second kappa shape index (κ2) is 7.64. The molecule has 0 bridgehead atoms. The molecule has 0 radical (unpaired) electrons. The lowest BCUT2D eigenvalue weighted by molar-refractivity contribution is -0.118. The average molecular weight is 394 g/mol. The third kappa shape index (κ3) is 3.73. The molecule has 1 aliphatic carbocycles. The molecule has 1 atom stereocenters. The molecule has 6 heteroatoms. The summed E-state index contributed by atoms with van der Waals surface area (Å²) in [6, 6.07) is 13.7. The maximum absolute atomic E-state index is 12.4. The van der Waals surface area contributed by atoms with Crippen molar-refractivity contribution in [3.8, 4) is 5.75 Å². The molecular formula is C22H22N2O3S. The van der Waals surface area contributed by atoms with Crippen molar-refractivity contribution in [2.45, 2.75) is 26.2 Å². The first-order chi connectivity index (χ1) is 13.5. The summed E-state index contributed by atoms with van der Waals surface area (Å²) < 4.78 is 5.64. The number of amides is 2. The normalized spacial score (nSPS) is 15.8. The monoisotopic (exact) mass is 394 g/mol. The van der Waals surface area contributed by atoms with Crippen molar-refractivity contribution in [2.24, 2.45) is 11.7 Å². The van der Waals surface area contributed by atoms with Gasteiger partial charge in [-0.1, -0.05) is 37.3 Å². The van der Waals surface area contributed by atoms with Crippen molar-refractivity contribution in [2.75, 3.05) is 11.9 Å². The van der Waals surface area contributed by atoms with Crippen LogP contribution in [-0.4, -0.2) is 18.4 Å².